The van der Waals surface area contributed by atoms with Crippen molar-refractivity contribution in [3.8, 4) is 6.07 Å². The normalized spacial score (nSPS) is 11.1. The Morgan fingerprint density at radius 3 is 2.76 bits per heavy atom. The molecule has 1 rings (SSSR count). The Hall–Kier alpha value is -1.45. The summed E-state index contributed by atoms with van der Waals surface area (Å²) in [4.78, 5) is -0.0912. The van der Waals surface area contributed by atoms with Crippen LogP contribution in [0.2, 0.25) is 0 Å². The monoisotopic (exact) mass is 256 g/mol. The summed E-state index contributed by atoms with van der Waals surface area (Å²) in [6.07, 6.45) is 1.60. The second-order valence-corrected chi connectivity index (χ2v) is 5.27. The summed E-state index contributed by atoms with van der Waals surface area (Å²) in [6.45, 7) is 2.28. The fourth-order valence-corrected chi connectivity index (χ4v) is 2.32. The molecule has 0 fully saturated rings. The molecule has 92 valence electrons. The molecule has 1 N–H and O–H groups in total. The van der Waals surface area contributed by atoms with Crippen molar-refractivity contribution in [2.24, 2.45) is 0 Å². The van der Waals surface area contributed by atoms with Gasteiger partial charge in [0.15, 0.2) is 0 Å². The van der Waals surface area contributed by atoms with E-state index in [0.717, 1.165) is 31.0 Å². The van der Waals surface area contributed by atoms with Crippen molar-refractivity contribution in [1.29, 1.82) is 5.26 Å². The predicted molar refractivity (Wildman–Crippen MR) is 61.2 cm³/mol. The Morgan fingerprint density at radius 2 is 2.18 bits per heavy atom. The molecule has 0 radical (unpaired) electrons. The highest BCUT2D eigenvalue weighted by atomic mass is 32.2. The summed E-state index contributed by atoms with van der Waals surface area (Å²) in [5.41, 5.74) is -0.275. The molecular weight excluding hydrogens is 243 g/mol. The van der Waals surface area contributed by atoms with Gasteiger partial charge in [-0.3, -0.25) is 0 Å². The van der Waals surface area contributed by atoms with Crippen molar-refractivity contribution >= 4 is 10.0 Å². The lowest BCUT2D eigenvalue weighted by Gasteiger charge is -2.06. The lowest BCUT2D eigenvalue weighted by molar-refractivity contribution is 0.577. The fraction of sp³-hybridized carbons (Fsp3) is 0.364. The number of hydrogen-bond acceptors (Lipinski definition) is 3. The van der Waals surface area contributed by atoms with Gasteiger partial charge in [-0.15, -0.1) is 0 Å². The highest BCUT2D eigenvalue weighted by Gasteiger charge is 2.15. The van der Waals surface area contributed by atoms with Crippen LogP contribution in [0.1, 0.15) is 25.3 Å². The van der Waals surface area contributed by atoms with Crippen molar-refractivity contribution in [2.75, 3.05) is 6.54 Å². The molecule has 0 aliphatic carbocycles. The smallest absolute Gasteiger partial charge is 0.211 e. The first-order chi connectivity index (χ1) is 8.01. The summed E-state index contributed by atoms with van der Waals surface area (Å²) in [5.74, 6) is -0.722. The number of halogens is 1. The van der Waals surface area contributed by atoms with E-state index in [1.54, 1.807) is 6.07 Å². The Balaban J connectivity index is 2.96. The molecule has 0 aliphatic heterocycles. The quantitative estimate of drug-likeness (QED) is 0.816. The first kappa shape index (κ1) is 13.6. The number of nitrogens with zero attached hydrogens (tertiary/aromatic N) is 1. The van der Waals surface area contributed by atoms with E-state index in [9.17, 15) is 12.8 Å². The van der Waals surface area contributed by atoms with Crippen LogP contribution in [0, 0.1) is 17.1 Å². The summed E-state index contributed by atoms with van der Waals surface area (Å²) < 4.78 is 38.9. The Kier molecular flexibility index (Phi) is 4.61. The van der Waals surface area contributed by atoms with Crippen LogP contribution in [0.5, 0.6) is 0 Å². The molecule has 0 aromatic heterocycles. The molecule has 4 nitrogen and oxygen atoms in total. The zero-order valence-electron chi connectivity index (χ0n) is 9.40. The second kappa shape index (κ2) is 5.75. The molecule has 0 saturated carbocycles. The van der Waals surface area contributed by atoms with Gasteiger partial charge in [0.05, 0.1) is 10.5 Å². The molecule has 0 aliphatic rings. The number of nitriles is 1. The standard InChI is InChI=1S/C11H13FN2O2S/c1-2-3-6-14-17(15,16)10-4-5-11(12)9(7-10)8-13/h4-5,7,14H,2-3,6H2,1H3. The minimum absolute atomic E-state index is 0.0912. The Morgan fingerprint density at radius 1 is 1.47 bits per heavy atom. The van der Waals surface area contributed by atoms with E-state index in [2.05, 4.69) is 4.72 Å². The molecule has 0 heterocycles. The predicted octanol–water partition coefficient (Wildman–Crippen LogP) is 1.78. The van der Waals surface area contributed by atoms with E-state index in [4.69, 9.17) is 5.26 Å². The van der Waals surface area contributed by atoms with E-state index in [1.165, 1.54) is 0 Å². The molecular formula is C11H13FN2O2S. The molecule has 1 aromatic rings. The molecule has 0 unspecified atom stereocenters. The maximum Gasteiger partial charge on any atom is 0.240 e. The molecule has 0 spiro atoms. The van der Waals surface area contributed by atoms with Gasteiger partial charge in [0.2, 0.25) is 10.0 Å². The molecule has 0 bridgehead atoms. The third-order valence-corrected chi connectivity index (χ3v) is 3.65. The van der Waals surface area contributed by atoms with Crippen LogP contribution in [-0.2, 0) is 10.0 Å². The van der Waals surface area contributed by atoms with Gasteiger partial charge in [0.1, 0.15) is 11.9 Å². The number of benzene rings is 1. The fourth-order valence-electron chi connectivity index (χ4n) is 1.22. The lowest BCUT2D eigenvalue weighted by atomic mass is 10.2. The largest absolute Gasteiger partial charge is 0.240 e. The third-order valence-electron chi connectivity index (χ3n) is 2.19. The third kappa shape index (κ3) is 3.51. The van der Waals surface area contributed by atoms with Crippen molar-refractivity contribution < 1.29 is 12.8 Å². The van der Waals surface area contributed by atoms with Crippen LogP contribution >= 0.6 is 0 Å². The van der Waals surface area contributed by atoms with E-state index in [0.29, 0.717) is 6.54 Å². The van der Waals surface area contributed by atoms with E-state index in [-0.39, 0.29) is 10.5 Å². The lowest BCUT2D eigenvalue weighted by Crippen LogP contribution is -2.24. The minimum atomic E-state index is -3.65. The van der Waals surface area contributed by atoms with E-state index >= 15 is 0 Å². The topological polar surface area (TPSA) is 70.0 Å². The van der Waals surface area contributed by atoms with E-state index < -0.39 is 15.8 Å². The average Bonchev–Trinajstić information content (AvgIpc) is 2.29. The van der Waals surface area contributed by atoms with Crippen LogP contribution in [0.4, 0.5) is 4.39 Å². The summed E-state index contributed by atoms with van der Waals surface area (Å²) in [6, 6.07) is 4.76. The molecule has 17 heavy (non-hydrogen) atoms. The number of hydrogen-bond donors (Lipinski definition) is 1. The maximum atomic E-state index is 13.0. The van der Waals surface area contributed by atoms with Crippen molar-refractivity contribution in [3.63, 3.8) is 0 Å². The van der Waals surface area contributed by atoms with Crippen molar-refractivity contribution in [3.05, 3.63) is 29.6 Å². The molecule has 0 amide bonds. The number of sulfonamides is 1. The molecule has 6 heteroatoms. The Labute approximate surface area is 100 Å². The van der Waals surface area contributed by atoms with Gasteiger partial charge in [0, 0.05) is 6.54 Å². The molecule has 1 aromatic carbocycles. The zero-order chi connectivity index (χ0) is 12.9. The summed E-state index contributed by atoms with van der Waals surface area (Å²) in [7, 11) is -3.65. The SMILES string of the molecule is CCCCNS(=O)(=O)c1ccc(F)c(C#N)c1. The number of unbranched alkanes of at least 4 members (excludes halogenated alkanes) is 1. The average molecular weight is 256 g/mol. The molecule has 0 saturated heterocycles. The first-order valence-electron chi connectivity index (χ1n) is 5.20. The van der Waals surface area contributed by atoms with Crippen LogP contribution < -0.4 is 4.72 Å². The van der Waals surface area contributed by atoms with Crippen LogP contribution in [0.15, 0.2) is 23.1 Å². The van der Waals surface area contributed by atoms with Gasteiger partial charge < -0.3 is 0 Å². The van der Waals surface area contributed by atoms with Gasteiger partial charge in [-0.25, -0.2) is 17.5 Å². The molecule has 0 atom stereocenters. The first-order valence-corrected chi connectivity index (χ1v) is 6.69. The highest BCUT2D eigenvalue weighted by Crippen LogP contribution is 2.14. The number of rotatable bonds is 5. The van der Waals surface area contributed by atoms with E-state index in [1.807, 2.05) is 6.92 Å². The van der Waals surface area contributed by atoms with Crippen molar-refractivity contribution in [2.45, 2.75) is 24.7 Å². The van der Waals surface area contributed by atoms with Gasteiger partial charge in [0.25, 0.3) is 0 Å². The van der Waals surface area contributed by atoms with Crippen molar-refractivity contribution in [1.82, 2.24) is 4.72 Å². The van der Waals surface area contributed by atoms with Gasteiger partial charge in [-0.05, 0) is 24.6 Å². The minimum Gasteiger partial charge on any atom is -0.211 e. The van der Waals surface area contributed by atoms with Crippen LogP contribution in [0.3, 0.4) is 0 Å². The second-order valence-electron chi connectivity index (χ2n) is 3.50. The summed E-state index contributed by atoms with van der Waals surface area (Å²) in [5, 5.41) is 8.62. The number of nitrogens with one attached hydrogen (secondary N) is 1. The van der Waals surface area contributed by atoms with Crippen LogP contribution in [0.25, 0.3) is 0 Å². The maximum absolute atomic E-state index is 13.0. The highest BCUT2D eigenvalue weighted by molar-refractivity contribution is 7.89. The van der Waals surface area contributed by atoms with Gasteiger partial charge >= 0.3 is 0 Å². The van der Waals surface area contributed by atoms with Crippen LogP contribution in [-0.4, -0.2) is 15.0 Å². The zero-order valence-corrected chi connectivity index (χ0v) is 10.2. The summed E-state index contributed by atoms with van der Waals surface area (Å²) >= 11 is 0. The van der Waals surface area contributed by atoms with Gasteiger partial charge in [-0.1, -0.05) is 13.3 Å². The Bertz CT molecular complexity index is 535. The van der Waals surface area contributed by atoms with Gasteiger partial charge in [-0.2, -0.15) is 5.26 Å².